The van der Waals surface area contributed by atoms with E-state index in [0.29, 0.717) is 17.8 Å². The summed E-state index contributed by atoms with van der Waals surface area (Å²) in [5.74, 6) is -0.133. The Morgan fingerprint density at radius 1 is 1.40 bits per heavy atom. The number of aromatic nitrogens is 2. The van der Waals surface area contributed by atoms with E-state index in [9.17, 15) is 4.79 Å². The van der Waals surface area contributed by atoms with Crippen molar-refractivity contribution in [1.29, 1.82) is 0 Å². The molecule has 1 amide bonds. The number of nitrogens with one attached hydrogen (secondary N) is 1. The number of nitrogen functional groups attached to an aromatic ring is 1. The number of carbonyl (C=O) groups is 1. The molecular formula is C14H17BrN4O. The second kappa shape index (κ2) is 7.09. The van der Waals surface area contributed by atoms with Crippen molar-refractivity contribution in [3.05, 3.63) is 47.0 Å². The van der Waals surface area contributed by atoms with Crippen LogP contribution in [0.2, 0.25) is 0 Å². The van der Waals surface area contributed by atoms with Gasteiger partial charge < -0.3 is 15.6 Å². The average molecular weight is 337 g/mol. The molecule has 0 saturated heterocycles. The highest BCUT2D eigenvalue weighted by molar-refractivity contribution is 9.10. The number of nitrogens with two attached hydrogens (primary N) is 1. The van der Waals surface area contributed by atoms with E-state index in [1.165, 1.54) is 0 Å². The molecule has 3 N–H and O–H groups in total. The van der Waals surface area contributed by atoms with E-state index in [1.807, 2.05) is 16.8 Å². The molecule has 0 unspecified atom stereocenters. The maximum absolute atomic E-state index is 12.0. The van der Waals surface area contributed by atoms with Gasteiger partial charge in [-0.1, -0.05) is 15.9 Å². The van der Waals surface area contributed by atoms with E-state index >= 15 is 0 Å². The van der Waals surface area contributed by atoms with Gasteiger partial charge in [0, 0.05) is 35.6 Å². The number of halogens is 1. The van der Waals surface area contributed by atoms with Crippen LogP contribution < -0.4 is 11.1 Å². The lowest BCUT2D eigenvalue weighted by Crippen LogP contribution is -2.25. The molecule has 0 radical (unpaired) electrons. The highest BCUT2D eigenvalue weighted by Crippen LogP contribution is 2.18. The standard InChI is InChI=1S/C14H17BrN4O/c15-11-3-4-13(16)12(9-11)14(20)18-5-1-2-7-19-8-6-17-10-19/h3-4,6,8-10H,1-2,5,7,16H2,(H,18,20). The third-order valence-corrected chi connectivity index (χ3v) is 3.44. The Hall–Kier alpha value is -1.82. The van der Waals surface area contributed by atoms with Crippen molar-refractivity contribution in [1.82, 2.24) is 14.9 Å². The number of amides is 1. The van der Waals surface area contributed by atoms with E-state index in [0.717, 1.165) is 23.9 Å². The fourth-order valence-corrected chi connectivity index (χ4v) is 2.22. The predicted octanol–water partition coefficient (Wildman–Crippen LogP) is 2.44. The van der Waals surface area contributed by atoms with E-state index in [1.54, 1.807) is 24.7 Å². The third kappa shape index (κ3) is 4.09. The second-order valence-electron chi connectivity index (χ2n) is 4.50. The summed E-state index contributed by atoms with van der Waals surface area (Å²) in [6.07, 6.45) is 7.39. The molecule has 20 heavy (non-hydrogen) atoms. The minimum atomic E-state index is -0.133. The Labute approximate surface area is 126 Å². The molecule has 0 atom stereocenters. The monoisotopic (exact) mass is 336 g/mol. The average Bonchev–Trinajstić information content (AvgIpc) is 2.94. The van der Waals surface area contributed by atoms with Crippen LogP contribution in [0.5, 0.6) is 0 Å². The number of unbranched alkanes of at least 4 members (excludes halogenated alkanes) is 1. The summed E-state index contributed by atoms with van der Waals surface area (Å²) in [6.45, 7) is 1.55. The van der Waals surface area contributed by atoms with Crippen molar-refractivity contribution >= 4 is 27.5 Å². The number of anilines is 1. The Morgan fingerprint density at radius 3 is 3.00 bits per heavy atom. The summed E-state index contributed by atoms with van der Waals surface area (Å²) in [5, 5.41) is 2.88. The van der Waals surface area contributed by atoms with Crippen molar-refractivity contribution in [3.63, 3.8) is 0 Å². The molecule has 0 fully saturated rings. The first kappa shape index (κ1) is 14.6. The first-order valence-corrected chi connectivity index (χ1v) is 7.25. The van der Waals surface area contributed by atoms with Gasteiger partial charge in [0.1, 0.15) is 0 Å². The zero-order chi connectivity index (χ0) is 14.4. The van der Waals surface area contributed by atoms with Crippen LogP contribution in [-0.4, -0.2) is 22.0 Å². The van der Waals surface area contributed by atoms with Crippen molar-refractivity contribution in [3.8, 4) is 0 Å². The lowest BCUT2D eigenvalue weighted by molar-refractivity contribution is 0.0953. The quantitative estimate of drug-likeness (QED) is 0.628. The smallest absolute Gasteiger partial charge is 0.253 e. The third-order valence-electron chi connectivity index (χ3n) is 2.95. The van der Waals surface area contributed by atoms with Crippen molar-refractivity contribution in [2.24, 2.45) is 0 Å². The predicted molar refractivity (Wildman–Crippen MR) is 82.3 cm³/mol. The Morgan fingerprint density at radius 2 is 2.25 bits per heavy atom. The maximum atomic E-state index is 12.0. The summed E-state index contributed by atoms with van der Waals surface area (Å²) in [5.41, 5.74) is 6.79. The van der Waals surface area contributed by atoms with E-state index in [-0.39, 0.29) is 5.91 Å². The number of nitrogens with zero attached hydrogens (tertiary/aromatic N) is 2. The van der Waals surface area contributed by atoms with Crippen molar-refractivity contribution in [2.45, 2.75) is 19.4 Å². The molecule has 5 nitrogen and oxygen atoms in total. The lowest BCUT2D eigenvalue weighted by Gasteiger charge is -2.08. The Balaban J connectivity index is 1.73. The van der Waals surface area contributed by atoms with Crippen LogP contribution in [-0.2, 0) is 6.54 Å². The van der Waals surface area contributed by atoms with Crippen LogP contribution in [0, 0.1) is 0 Å². The molecule has 2 aromatic rings. The van der Waals surface area contributed by atoms with E-state index in [2.05, 4.69) is 26.2 Å². The van der Waals surface area contributed by atoms with Crippen LogP contribution in [0.25, 0.3) is 0 Å². The van der Waals surface area contributed by atoms with E-state index < -0.39 is 0 Å². The highest BCUT2D eigenvalue weighted by Gasteiger charge is 2.09. The summed E-state index contributed by atoms with van der Waals surface area (Å²) in [7, 11) is 0. The first-order chi connectivity index (χ1) is 9.66. The zero-order valence-electron chi connectivity index (χ0n) is 11.1. The van der Waals surface area contributed by atoms with Crippen LogP contribution in [0.3, 0.4) is 0 Å². The molecule has 2 rings (SSSR count). The SMILES string of the molecule is Nc1ccc(Br)cc1C(=O)NCCCCn1ccnc1. The fourth-order valence-electron chi connectivity index (χ4n) is 1.86. The van der Waals surface area contributed by atoms with Gasteiger partial charge in [0.15, 0.2) is 0 Å². The number of hydrogen-bond acceptors (Lipinski definition) is 3. The number of rotatable bonds is 6. The topological polar surface area (TPSA) is 72.9 Å². The molecular weight excluding hydrogens is 320 g/mol. The molecule has 0 aliphatic carbocycles. The summed E-state index contributed by atoms with van der Waals surface area (Å²) in [6, 6.07) is 5.27. The summed E-state index contributed by atoms with van der Waals surface area (Å²) in [4.78, 5) is 16.0. The van der Waals surface area contributed by atoms with Crippen LogP contribution >= 0.6 is 15.9 Å². The molecule has 6 heteroatoms. The molecule has 0 spiro atoms. The summed E-state index contributed by atoms with van der Waals surface area (Å²) < 4.78 is 2.87. The molecule has 1 aromatic heterocycles. The molecule has 1 heterocycles. The van der Waals surface area contributed by atoms with Gasteiger partial charge >= 0.3 is 0 Å². The largest absolute Gasteiger partial charge is 0.398 e. The van der Waals surface area contributed by atoms with Gasteiger partial charge in [0.05, 0.1) is 11.9 Å². The number of benzene rings is 1. The minimum Gasteiger partial charge on any atom is -0.398 e. The molecule has 106 valence electrons. The van der Waals surface area contributed by atoms with Gasteiger partial charge in [-0.05, 0) is 31.0 Å². The van der Waals surface area contributed by atoms with Crippen LogP contribution in [0.15, 0.2) is 41.4 Å². The van der Waals surface area contributed by atoms with Gasteiger partial charge in [-0.2, -0.15) is 0 Å². The lowest BCUT2D eigenvalue weighted by atomic mass is 10.1. The van der Waals surface area contributed by atoms with Gasteiger partial charge in [-0.15, -0.1) is 0 Å². The second-order valence-corrected chi connectivity index (χ2v) is 5.41. The van der Waals surface area contributed by atoms with Crippen molar-refractivity contribution < 1.29 is 4.79 Å². The Bertz CT molecular complexity index is 569. The number of aryl methyl sites for hydroxylation is 1. The normalized spacial score (nSPS) is 10.4. The molecule has 1 aromatic carbocycles. The van der Waals surface area contributed by atoms with Gasteiger partial charge in [0.2, 0.25) is 0 Å². The van der Waals surface area contributed by atoms with Crippen LogP contribution in [0.1, 0.15) is 23.2 Å². The summed E-state index contributed by atoms with van der Waals surface area (Å²) >= 11 is 3.34. The van der Waals surface area contributed by atoms with E-state index in [4.69, 9.17) is 5.73 Å². The molecule has 0 saturated carbocycles. The number of hydrogen-bond donors (Lipinski definition) is 2. The van der Waals surface area contributed by atoms with Gasteiger partial charge in [-0.25, -0.2) is 4.98 Å². The van der Waals surface area contributed by atoms with Crippen LogP contribution in [0.4, 0.5) is 5.69 Å². The van der Waals surface area contributed by atoms with Crippen molar-refractivity contribution in [2.75, 3.05) is 12.3 Å². The first-order valence-electron chi connectivity index (χ1n) is 6.46. The maximum Gasteiger partial charge on any atom is 0.253 e. The molecule has 0 aliphatic rings. The van der Waals surface area contributed by atoms with Gasteiger partial charge in [0.25, 0.3) is 5.91 Å². The van der Waals surface area contributed by atoms with Gasteiger partial charge in [-0.3, -0.25) is 4.79 Å². The number of carbonyl (C=O) groups excluding carboxylic acids is 1. The Kier molecular flexibility index (Phi) is 5.17. The molecule has 0 aliphatic heterocycles. The highest BCUT2D eigenvalue weighted by atomic mass is 79.9. The zero-order valence-corrected chi connectivity index (χ0v) is 12.6. The molecule has 0 bridgehead atoms. The fraction of sp³-hybridized carbons (Fsp3) is 0.286. The number of imidazole rings is 1. The minimum absolute atomic E-state index is 0.133.